The Bertz CT molecular complexity index is 3330. The SMILES string of the molecule is CC(C)(C)OC(=O)N1[C@@H](C=C(C(F)(F)F)C(F)(F)F)COC1(C)C.CC(C)(C)OC(=O)N1[C@@H](C=O)COC1(C)C.CC(C)(C)OC(=O)N1[C@@H](CC(C(F)(F)F)C(F)(F)F)COC1(C)C.CC(C)(C)OC(=O)N[C@@H](CC(C(F)(F)F)C(F)(F)F)C(=O)O.CC(C)(C)OC(=O)N[C@H](CO)CC(C(F)(F)F)C(F)(F)F.Cl.N[C@@H](CC(C(F)(F)F)C(F)(F)F)C(=O)O. The Hall–Kier alpha value is -7.31. The number of carboxylic acid groups (broad SMARTS) is 2. The lowest BCUT2D eigenvalue weighted by Gasteiger charge is -2.36. The van der Waals surface area contributed by atoms with Crippen LogP contribution in [0.3, 0.4) is 0 Å². The molecular weight excluding hydrogens is 1800 g/mol. The van der Waals surface area contributed by atoms with E-state index in [4.69, 9.17) is 48.5 Å². The lowest BCUT2D eigenvalue weighted by Crippen LogP contribution is -2.51. The van der Waals surface area contributed by atoms with Gasteiger partial charge in [-0.05, 0) is 177 Å². The molecule has 5 amide bonds. The fraction of sp³-hybridized carbons (Fsp3) is 0.851. The fourth-order valence-corrected chi connectivity index (χ4v) is 9.78. The van der Waals surface area contributed by atoms with Crippen molar-refractivity contribution in [3.05, 3.63) is 11.6 Å². The summed E-state index contributed by atoms with van der Waals surface area (Å²) in [4.78, 5) is 93.5. The van der Waals surface area contributed by atoms with E-state index < -0.39 is 260 Å². The van der Waals surface area contributed by atoms with Crippen LogP contribution in [0.5, 0.6) is 0 Å². The molecule has 3 fully saturated rings. The molecule has 3 saturated heterocycles. The Labute approximate surface area is 690 Å². The zero-order valence-electron chi connectivity index (χ0n) is 69.1. The van der Waals surface area contributed by atoms with Crippen molar-refractivity contribution in [3.8, 4) is 0 Å². The number of nitrogens with two attached hydrogens (primary N) is 1. The van der Waals surface area contributed by atoms with Crippen molar-refractivity contribution < 1.29 is 223 Å². The van der Waals surface area contributed by atoms with E-state index in [1.165, 1.54) is 121 Å². The summed E-state index contributed by atoms with van der Waals surface area (Å²) in [6.45, 7) is 30.2. The number of alkyl carbamates (subject to hydrolysis) is 2. The summed E-state index contributed by atoms with van der Waals surface area (Å²) in [6.07, 6.45) is -66.7. The number of aliphatic hydroxyl groups excluding tert-OH is 1. The number of aliphatic carboxylic acids is 2. The van der Waals surface area contributed by atoms with Gasteiger partial charge < -0.3 is 74.4 Å². The summed E-state index contributed by atoms with van der Waals surface area (Å²) >= 11 is 0. The third-order valence-corrected chi connectivity index (χ3v) is 14.9. The van der Waals surface area contributed by atoms with E-state index in [0.29, 0.717) is 6.29 Å². The highest BCUT2D eigenvalue weighted by Gasteiger charge is 2.63. The molecule has 3 heterocycles. The largest absolute Gasteiger partial charge is 0.480 e. The van der Waals surface area contributed by atoms with Gasteiger partial charge in [0.05, 0.1) is 44.6 Å². The molecular formula is C67H99ClF30N6O19. The predicted octanol–water partition coefficient (Wildman–Crippen LogP) is 18.5. The Kier molecular flexibility index (Phi) is 43.6. The van der Waals surface area contributed by atoms with E-state index in [1.807, 2.05) is 0 Å². The first-order chi connectivity index (χ1) is 53.2. The van der Waals surface area contributed by atoms with Crippen LogP contribution in [0.2, 0.25) is 0 Å². The van der Waals surface area contributed by atoms with Gasteiger partial charge in [-0.1, -0.05) is 0 Å². The molecule has 3 rings (SSSR count). The highest BCUT2D eigenvalue weighted by Crippen LogP contribution is 2.48. The standard InChI is InChI=1S/C14H21F6NO3.C14H19F6NO3.C11H15F6NO4.C11H17F6NO3.C11H19NO4.C6H7F6NO2.ClH/c2*1-11(2,3)24-10(22)21-8(7-23-12(21,4)5)6-9(13(15,16)17)14(18,19)20;1-9(2,3)22-8(21)18-5(7(19)20)4-6(10(12,13)14)11(15,16)17;1-9(2,3)21-8(20)18-6(5-19)4-7(10(12,13)14)11(15,16)17;1-10(2,3)16-9(14)12-8(6-13)7-15-11(12,4)5;7-5(8,9)3(6(10,11)12)1-2(13)4(14)15;/h8-9H,6-7H2,1-5H3;6,8H,7H2,1-5H3;5-6H,4H2,1-3H3,(H,18,21)(H,19,20);6-7,19H,4-5H2,1-3H3,(H,18,20);6,8H,7H2,1-5H3;2-3H,1,13H2,(H,14,15);1H/t2*8-;5-;6-;8-;2-;/m000000./s1. The molecule has 0 spiro atoms. The number of aldehydes is 1. The second-order valence-electron chi connectivity index (χ2n) is 32.8. The highest BCUT2D eigenvalue weighted by atomic mass is 35.5. The third kappa shape index (κ3) is 46.1. The number of hydrogen-bond donors (Lipinski definition) is 6. The first-order valence-corrected chi connectivity index (χ1v) is 34.9. The topological polar surface area (TPSA) is 331 Å². The van der Waals surface area contributed by atoms with E-state index in [0.717, 1.165) is 9.80 Å². The lowest BCUT2D eigenvalue weighted by molar-refractivity contribution is -0.289. The number of allylic oxidation sites excluding steroid dienone is 1. The summed E-state index contributed by atoms with van der Waals surface area (Å²) < 4.78 is 413. The molecule has 123 heavy (non-hydrogen) atoms. The number of amides is 5. The van der Waals surface area contributed by atoms with Gasteiger partial charge in [-0.2, -0.15) is 132 Å². The number of rotatable bonds is 15. The van der Waals surface area contributed by atoms with Crippen LogP contribution in [0.15, 0.2) is 11.6 Å². The molecule has 25 nitrogen and oxygen atoms in total. The van der Waals surface area contributed by atoms with Crippen molar-refractivity contribution in [2.45, 2.75) is 314 Å². The number of carbonyl (C=O) groups excluding carboxylic acids is 6. The first kappa shape index (κ1) is 122. The Morgan fingerprint density at radius 3 is 0.951 bits per heavy atom. The molecule has 56 heteroatoms. The molecule has 0 bridgehead atoms. The molecule has 7 N–H and O–H groups in total. The number of hydrogen-bond acceptors (Lipinski definition) is 18. The summed E-state index contributed by atoms with van der Waals surface area (Å²) in [6, 6.07) is -9.85. The smallest absolute Gasteiger partial charge is 0.421 e. The van der Waals surface area contributed by atoms with Crippen molar-refractivity contribution in [2.24, 2.45) is 29.4 Å². The van der Waals surface area contributed by atoms with Gasteiger partial charge in [0.2, 0.25) is 0 Å². The predicted molar refractivity (Wildman–Crippen MR) is 367 cm³/mol. The summed E-state index contributed by atoms with van der Waals surface area (Å²) in [7, 11) is 0. The minimum Gasteiger partial charge on any atom is -0.480 e. The average molecular weight is 1900 g/mol. The molecule has 3 aliphatic heterocycles. The van der Waals surface area contributed by atoms with Crippen LogP contribution < -0.4 is 16.4 Å². The summed E-state index contributed by atoms with van der Waals surface area (Å²) in [5.41, 5.74) is -6.22. The lowest BCUT2D eigenvalue weighted by atomic mass is 9.98. The minimum absolute atomic E-state index is 0. The zero-order valence-corrected chi connectivity index (χ0v) is 69.9. The first-order valence-electron chi connectivity index (χ1n) is 34.9. The molecule has 0 aromatic carbocycles. The number of nitrogens with one attached hydrogen (secondary N) is 2. The van der Waals surface area contributed by atoms with E-state index in [2.05, 4.69) is 10.5 Å². The fourth-order valence-electron chi connectivity index (χ4n) is 9.78. The number of carboxylic acids is 2. The molecule has 6 atom stereocenters. The van der Waals surface area contributed by atoms with Gasteiger partial charge in [0, 0.05) is 0 Å². The number of nitrogens with zero attached hydrogens (tertiary/aromatic N) is 3. The van der Waals surface area contributed by atoms with Crippen LogP contribution >= 0.6 is 12.4 Å². The summed E-state index contributed by atoms with van der Waals surface area (Å²) in [5, 5.41) is 28.9. The van der Waals surface area contributed by atoms with Crippen LogP contribution in [0.4, 0.5) is 156 Å². The van der Waals surface area contributed by atoms with E-state index in [1.54, 1.807) is 39.9 Å². The van der Waals surface area contributed by atoms with Gasteiger partial charge in [0.25, 0.3) is 0 Å². The third-order valence-electron chi connectivity index (χ3n) is 14.9. The van der Waals surface area contributed by atoms with Crippen molar-refractivity contribution in [2.75, 3.05) is 26.4 Å². The van der Waals surface area contributed by atoms with Gasteiger partial charge in [-0.3, -0.25) is 19.5 Å². The molecule has 0 aliphatic carbocycles. The molecule has 0 unspecified atom stereocenters. The van der Waals surface area contributed by atoms with Gasteiger partial charge in [-0.15, -0.1) is 12.4 Å². The van der Waals surface area contributed by atoms with Crippen LogP contribution in [0.1, 0.15) is 171 Å². The van der Waals surface area contributed by atoms with E-state index in [9.17, 15) is 170 Å². The molecule has 728 valence electrons. The maximum atomic E-state index is 12.8. The number of carbonyl (C=O) groups is 8. The Morgan fingerprint density at radius 1 is 0.407 bits per heavy atom. The normalized spacial score (nSPS) is 18.8. The average Bonchev–Trinajstić information content (AvgIpc) is 1.67. The quantitative estimate of drug-likeness (QED) is 0.0384. The summed E-state index contributed by atoms with van der Waals surface area (Å²) in [5.74, 6) is -18.7. The molecule has 3 aliphatic rings. The molecule has 0 radical (unpaired) electrons. The Balaban J connectivity index is -0.000000695. The molecule has 0 aromatic rings. The second kappa shape index (κ2) is 43.9. The van der Waals surface area contributed by atoms with Crippen molar-refractivity contribution in [1.82, 2.24) is 25.3 Å². The van der Waals surface area contributed by atoms with Crippen LogP contribution in [-0.2, 0) is 52.3 Å². The van der Waals surface area contributed by atoms with Crippen molar-refractivity contribution >= 4 is 61.1 Å². The number of ether oxygens (including phenoxy) is 8. The van der Waals surface area contributed by atoms with Gasteiger partial charge in [0.1, 0.15) is 75.2 Å². The maximum Gasteiger partial charge on any atom is 0.421 e. The van der Waals surface area contributed by atoms with Crippen LogP contribution in [0, 0.1) is 23.7 Å². The number of alkyl halides is 30. The maximum absolute atomic E-state index is 12.8. The zero-order chi connectivity index (χ0) is 98.3. The number of aliphatic hydroxyl groups is 1. The highest BCUT2D eigenvalue weighted by molar-refractivity contribution is 5.85. The van der Waals surface area contributed by atoms with E-state index >= 15 is 0 Å². The van der Waals surface area contributed by atoms with Crippen LogP contribution in [-0.4, -0.2) is 248 Å². The molecule has 0 aromatic heterocycles. The van der Waals surface area contributed by atoms with E-state index in [-0.39, 0.29) is 25.1 Å². The number of halogens is 31. The second-order valence-corrected chi connectivity index (χ2v) is 32.8. The van der Waals surface area contributed by atoms with Crippen molar-refractivity contribution in [1.29, 1.82) is 0 Å². The van der Waals surface area contributed by atoms with Crippen molar-refractivity contribution in [3.63, 3.8) is 0 Å². The minimum atomic E-state index is -5.69. The molecule has 0 saturated carbocycles. The van der Waals surface area contributed by atoms with Gasteiger partial charge in [0.15, 0.2) is 23.7 Å². The van der Waals surface area contributed by atoms with Gasteiger partial charge in [-0.25, -0.2) is 28.8 Å². The Morgan fingerprint density at radius 2 is 0.675 bits per heavy atom. The van der Waals surface area contributed by atoms with Gasteiger partial charge >= 0.3 is 104 Å². The van der Waals surface area contributed by atoms with Crippen LogP contribution in [0.25, 0.3) is 0 Å². The monoisotopic (exact) mass is 1900 g/mol.